The van der Waals surface area contributed by atoms with E-state index in [4.69, 9.17) is 9.88 Å². The van der Waals surface area contributed by atoms with Crippen LogP contribution >= 0.6 is 15.9 Å². The molecule has 0 amide bonds. The molecule has 1 aromatic heterocycles. The van der Waals surface area contributed by atoms with Crippen molar-refractivity contribution in [3.63, 3.8) is 0 Å². The van der Waals surface area contributed by atoms with Crippen LogP contribution in [0.1, 0.15) is 12.0 Å². The first-order chi connectivity index (χ1) is 7.29. The van der Waals surface area contributed by atoms with Crippen LogP contribution in [0.4, 0.5) is 8.78 Å². The SMILES string of the molecule is COc1c(Br)ncc(C(F)F)c1S(N)(=O)=O. The highest BCUT2D eigenvalue weighted by molar-refractivity contribution is 9.10. The molecular formula is C7H7BrF2N2O3S. The van der Waals surface area contributed by atoms with Crippen LogP contribution in [-0.2, 0) is 10.0 Å². The molecule has 5 nitrogen and oxygen atoms in total. The zero-order valence-electron chi connectivity index (χ0n) is 7.95. The summed E-state index contributed by atoms with van der Waals surface area (Å²) in [4.78, 5) is 2.78. The van der Waals surface area contributed by atoms with Crippen LogP contribution in [0.3, 0.4) is 0 Å². The van der Waals surface area contributed by atoms with Gasteiger partial charge in [0.25, 0.3) is 6.43 Å². The molecule has 0 fully saturated rings. The van der Waals surface area contributed by atoms with E-state index in [1.165, 1.54) is 0 Å². The number of nitrogens with zero attached hydrogens (tertiary/aromatic N) is 1. The molecule has 0 aliphatic rings. The summed E-state index contributed by atoms with van der Waals surface area (Å²) in [6.07, 6.45) is -2.28. The van der Waals surface area contributed by atoms with Crippen LogP contribution in [0.25, 0.3) is 0 Å². The third kappa shape index (κ3) is 2.47. The van der Waals surface area contributed by atoms with Crippen molar-refractivity contribution in [2.75, 3.05) is 7.11 Å². The molecule has 0 saturated carbocycles. The van der Waals surface area contributed by atoms with Gasteiger partial charge in [-0.15, -0.1) is 0 Å². The van der Waals surface area contributed by atoms with Gasteiger partial charge in [-0.25, -0.2) is 27.3 Å². The van der Waals surface area contributed by atoms with Crippen molar-refractivity contribution in [3.05, 3.63) is 16.4 Å². The largest absolute Gasteiger partial charge is 0.492 e. The van der Waals surface area contributed by atoms with Gasteiger partial charge in [0.2, 0.25) is 10.0 Å². The Bertz CT molecular complexity index is 507. The highest BCUT2D eigenvalue weighted by atomic mass is 79.9. The van der Waals surface area contributed by atoms with Gasteiger partial charge in [0.15, 0.2) is 5.75 Å². The molecule has 0 bridgehead atoms. The van der Waals surface area contributed by atoms with E-state index in [0.717, 1.165) is 13.3 Å². The predicted molar refractivity (Wildman–Crippen MR) is 54.8 cm³/mol. The zero-order valence-corrected chi connectivity index (χ0v) is 10.3. The molecule has 16 heavy (non-hydrogen) atoms. The van der Waals surface area contributed by atoms with Crippen molar-refractivity contribution in [3.8, 4) is 5.75 Å². The van der Waals surface area contributed by atoms with Gasteiger partial charge in [0.05, 0.1) is 12.7 Å². The molecule has 0 atom stereocenters. The fraction of sp³-hybridized carbons (Fsp3) is 0.286. The highest BCUT2D eigenvalue weighted by Crippen LogP contribution is 2.36. The van der Waals surface area contributed by atoms with E-state index in [0.29, 0.717) is 0 Å². The summed E-state index contributed by atoms with van der Waals surface area (Å²) >= 11 is 2.88. The van der Waals surface area contributed by atoms with Gasteiger partial charge >= 0.3 is 0 Å². The molecule has 0 aromatic carbocycles. The lowest BCUT2D eigenvalue weighted by molar-refractivity contribution is 0.146. The lowest BCUT2D eigenvalue weighted by Crippen LogP contribution is -2.17. The molecule has 0 aliphatic heterocycles. The summed E-state index contributed by atoms with van der Waals surface area (Å²) in [5.41, 5.74) is -0.789. The number of methoxy groups -OCH3 is 1. The Labute approximate surface area is 98.8 Å². The van der Waals surface area contributed by atoms with E-state index in [-0.39, 0.29) is 10.4 Å². The highest BCUT2D eigenvalue weighted by Gasteiger charge is 2.27. The summed E-state index contributed by atoms with van der Waals surface area (Å²) in [5, 5.41) is 4.85. The molecule has 0 spiro atoms. The molecule has 0 radical (unpaired) electrons. The smallest absolute Gasteiger partial charge is 0.266 e. The molecule has 1 rings (SSSR count). The first-order valence-corrected chi connectivity index (χ1v) is 6.16. The van der Waals surface area contributed by atoms with Crippen LogP contribution in [0.5, 0.6) is 5.75 Å². The minimum atomic E-state index is -4.32. The standard InChI is InChI=1S/C7H7BrF2N2O3S/c1-15-4-5(16(11,13)14)3(7(9)10)2-12-6(4)8/h2,7H,1H3,(H2,11,13,14). The van der Waals surface area contributed by atoms with E-state index >= 15 is 0 Å². The third-order valence-corrected chi connectivity index (χ3v) is 3.25. The van der Waals surface area contributed by atoms with Gasteiger partial charge in [-0.2, -0.15) is 0 Å². The molecule has 0 unspecified atom stereocenters. The second kappa shape index (κ2) is 4.60. The summed E-state index contributed by atoms with van der Waals surface area (Å²) < 4.78 is 52.2. The molecule has 1 heterocycles. The first kappa shape index (κ1) is 13.3. The Morgan fingerprint density at radius 3 is 2.50 bits per heavy atom. The minimum Gasteiger partial charge on any atom is -0.492 e. The third-order valence-electron chi connectivity index (χ3n) is 1.70. The number of alkyl halides is 2. The predicted octanol–water partition coefficient (Wildman–Crippen LogP) is 1.44. The van der Waals surface area contributed by atoms with Gasteiger partial charge in [-0.3, -0.25) is 0 Å². The zero-order chi connectivity index (χ0) is 12.5. The Morgan fingerprint density at radius 1 is 1.56 bits per heavy atom. The topological polar surface area (TPSA) is 82.3 Å². The lowest BCUT2D eigenvalue weighted by Gasteiger charge is -2.12. The summed E-state index contributed by atoms with van der Waals surface area (Å²) in [5.74, 6) is -0.333. The quantitative estimate of drug-likeness (QED) is 0.855. The van der Waals surface area contributed by atoms with Gasteiger partial charge < -0.3 is 4.74 Å². The van der Waals surface area contributed by atoms with Crippen molar-refractivity contribution in [1.82, 2.24) is 4.98 Å². The number of rotatable bonds is 3. The first-order valence-electron chi connectivity index (χ1n) is 3.82. The second-order valence-electron chi connectivity index (χ2n) is 2.71. The minimum absolute atomic E-state index is 0.0107. The van der Waals surface area contributed by atoms with Crippen molar-refractivity contribution < 1.29 is 21.9 Å². The molecule has 90 valence electrons. The van der Waals surface area contributed by atoms with Crippen molar-refractivity contribution >= 4 is 26.0 Å². The number of aromatic nitrogens is 1. The monoisotopic (exact) mass is 316 g/mol. The van der Waals surface area contributed by atoms with Crippen LogP contribution in [0.2, 0.25) is 0 Å². The van der Waals surface area contributed by atoms with E-state index in [9.17, 15) is 17.2 Å². The maximum absolute atomic E-state index is 12.6. The molecule has 0 aliphatic carbocycles. The summed E-state index contributed by atoms with van der Waals surface area (Å²) in [6.45, 7) is 0. The molecular weight excluding hydrogens is 310 g/mol. The van der Waals surface area contributed by atoms with E-state index < -0.39 is 26.9 Å². The van der Waals surface area contributed by atoms with Gasteiger partial charge in [0, 0.05) is 6.20 Å². The van der Waals surface area contributed by atoms with Crippen LogP contribution in [-0.4, -0.2) is 20.5 Å². The fourth-order valence-electron chi connectivity index (χ4n) is 1.09. The molecule has 0 saturated heterocycles. The van der Waals surface area contributed by atoms with E-state index in [1.807, 2.05) is 0 Å². The number of pyridine rings is 1. The van der Waals surface area contributed by atoms with Gasteiger partial charge in [-0.05, 0) is 15.9 Å². The summed E-state index contributed by atoms with van der Waals surface area (Å²) in [6, 6.07) is 0. The average molecular weight is 317 g/mol. The molecule has 9 heteroatoms. The van der Waals surface area contributed by atoms with Crippen molar-refractivity contribution in [2.45, 2.75) is 11.3 Å². The van der Waals surface area contributed by atoms with Crippen LogP contribution in [0.15, 0.2) is 15.7 Å². The van der Waals surface area contributed by atoms with Crippen molar-refractivity contribution in [1.29, 1.82) is 0 Å². The van der Waals surface area contributed by atoms with Gasteiger partial charge in [0.1, 0.15) is 9.50 Å². The lowest BCUT2D eigenvalue weighted by atomic mass is 10.3. The van der Waals surface area contributed by atoms with E-state index in [1.54, 1.807) is 0 Å². The van der Waals surface area contributed by atoms with E-state index in [2.05, 4.69) is 20.9 Å². The van der Waals surface area contributed by atoms with Crippen molar-refractivity contribution in [2.24, 2.45) is 5.14 Å². The van der Waals surface area contributed by atoms with Gasteiger partial charge in [-0.1, -0.05) is 0 Å². The maximum Gasteiger partial charge on any atom is 0.266 e. The Kier molecular flexibility index (Phi) is 3.81. The Hall–Kier alpha value is -0.800. The Morgan fingerprint density at radius 2 is 2.12 bits per heavy atom. The number of hydrogen-bond acceptors (Lipinski definition) is 4. The van der Waals surface area contributed by atoms with Crippen LogP contribution in [0, 0.1) is 0 Å². The Balaban J connectivity index is 3.68. The fourth-order valence-corrected chi connectivity index (χ4v) is 2.60. The summed E-state index contributed by atoms with van der Waals surface area (Å²) in [7, 11) is -3.19. The number of halogens is 3. The number of hydrogen-bond donors (Lipinski definition) is 1. The normalized spacial score (nSPS) is 11.9. The second-order valence-corrected chi connectivity index (χ2v) is 4.96. The number of primary sulfonamides is 1. The van der Waals surface area contributed by atoms with Crippen LogP contribution < -0.4 is 9.88 Å². The number of sulfonamides is 1. The average Bonchev–Trinajstić information content (AvgIpc) is 2.15. The molecule has 2 N–H and O–H groups in total. The number of nitrogens with two attached hydrogens (primary N) is 1. The molecule has 1 aromatic rings. The maximum atomic E-state index is 12.6. The number of ether oxygens (including phenoxy) is 1.